The number of nitrogens with zero attached hydrogens (tertiary/aromatic N) is 3. The van der Waals surface area contributed by atoms with E-state index in [1.165, 1.54) is 0 Å². The van der Waals surface area contributed by atoms with E-state index in [-0.39, 0.29) is 11.8 Å². The van der Waals surface area contributed by atoms with Crippen molar-refractivity contribution in [3.63, 3.8) is 0 Å². The van der Waals surface area contributed by atoms with Gasteiger partial charge in [0.25, 0.3) is 5.89 Å². The lowest BCUT2D eigenvalue weighted by Crippen LogP contribution is -2.11. The average molecular weight is 401 g/mol. The number of para-hydroxylation sites is 1. The lowest BCUT2D eigenvalue weighted by Gasteiger charge is -2.13. The van der Waals surface area contributed by atoms with Gasteiger partial charge in [0.2, 0.25) is 5.89 Å². The molecule has 0 radical (unpaired) electrons. The van der Waals surface area contributed by atoms with Gasteiger partial charge in [0, 0.05) is 16.6 Å². The number of hydrogen-bond acceptors (Lipinski definition) is 6. The highest BCUT2D eigenvalue weighted by Crippen LogP contribution is 2.27. The molecule has 0 saturated heterocycles. The zero-order valence-electron chi connectivity index (χ0n) is 17.4. The minimum atomic E-state index is -0.682. The van der Waals surface area contributed by atoms with E-state index >= 15 is 0 Å². The van der Waals surface area contributed by atoms with Crippen molar-refractivity contribution in [1.29, 1.82) is 0 Å². The first-order chi connectivity index (χ1) is 14.4. The first-order valence-electron chi connectivity index (χ1n) is 9.93. The summed E-state index contributed by atoms with van der Waals surface area (Å²) in [6.45, 7) is 7.80. The van der Waals surface area contributed by atoms with Crippen molar-refractivity contribution >= 4 is 16.9 Å². The molecule has 6 nitrogen and oxygen atoms in total. The topological polar surface area (TPSA) is 78.1 Å². The maximum absolute atomic E-state index is 13.0. The Hall–Kier alpha value is -3.54. The van der Waals surface area contributed by atoms with Crippen LogP contribution in [-0.2, 0) is 4.74 Å². The average Bonchev–Trinajstić information content (AvgIpc) is 3.23. The van der Waals surface area contributed by atoms with Gasteiger partial charge >= 0.3 is 5.97 Å². The molecular weight excluding hydrogens is 378 g/mol. The van der Waals surface area contributed by atoms with E-state index in [9.17, 15) is 4.79 Å². The van der Waals surface area contributed by atoms with Crippen LogP contribution in [0, 0.1) is 6.92 Å². The Kier molecular flexibility index (Phi) is 5.31. The minimum absolute atomic E-state index is 0.186. The van der Waals surface area contributed by atoms with Gasteiger partial charge in [0.15, 0.2) is 6.10 Å². The highest BCUT2D eigenvalue weighted by Gasteiger charge is 2.22. The number of carbonyl (C=O) groups excluding carboxylic acids is 1. The standard InChI is InChI=1S/C24H23N3O3/c1-14(2)21-13-19(18-10-5-6-11-20(18)25-21)24(28)29-16(4)22-26-27-23(30-22)17-9-7-8-15(3)12-17/h5-14,16H,1-4H3. The van der Waals surface area contributed by atoms with Crippen LogP contribution in [0.3, 0.4) is 0 Å². The molecule has 0 amide bonds. The van der Waals surface area contributed by atoms with E-state index in [0.29, 0.717) is 11.5 Å². The maximum atomic E-state index is 13.0. The summed E-state index contributed by atoms with van der Waals surface area (Å²) in [6, 6.07) is 17.1. The van der Waals surface area contributed by atoms with Crippen molar-refractivity contribution < 1.29 is 13.9 Å². The molecule has 4 aromatic rings. The predicted molar refractivity (Wildman–Crippen MR) is 114 cm³/mol. The van der Waals surface area contributed by atoms with E-state index in [1.807, 2.05) is 69.3 Å². The number of carbonyl (C=O) groups is 1. The van der Waals surface area contributed by atoms with E-state index in [0.717, 1.165) is 27.7 Å². The Morgan fingerprint density at radius 3 is 2.57 bits per heavy atom. The van der Waals surface area contributed by atoms with Gasteiger partial charge in [-0.1, -0.05) is 49.7 Å². The Labute approximate surface area is 174 Å². The zero-order valence-corrected chi connectivity index (χ0v) is 17.4. The molecule has 1 unspecified atom stereocenters. The number of aromatic nitrogens is 3. The number of fused-ring (bicyclic) bond motifs is 1. The fourth-order valence-corrected chi connectivity index (χ4v) is 3.23. The van der Waals surface area contributed by atoms with Crippen LogP contribution >= 0.6 is 0 Å². The van der Waals surface area contributed by atoms with Crippen LogP contribution in [0.15, 0.2) is 59.0 Å². The van der Waals surface area contributed by atoms with E-state index in [1.54, 1.807) is 13.0 Å². The number of hydrogen-bond donors (Lipinski definition) is 0. The molecule has 0 N–H and O–H groups in total. The third-order valence-corrected chi connectivity index (χ3v) is 4.88. The van der Waals surface area contributed by atoms with E-state index in [4.69, 9.17) is 9.15 Å². The number of esters is 1. The van der Waals surface area contributed by atoms with Crippen LogP contribution in [0.25, 0.3) is 22.4 Å². The first-order valence-corrected chi connectivity index (χ1v) is 9.93. The second-order valence-electron chi connectivity index (χ2n) is 7.63. The molecule has 1 atom stereocenters. The van der Waals surface area contributed by atoms with Gasteiger partial charge < -0.3 is 9.15 Å². The highest BCUT2D eigenvalue weighted by atomic mass is 16.6. The molecule has 2 aromatic carbocycles. The molecule has 152 valence electrons. The van der Waals surface area contributed by atoms with Gasteiger partial charge in [0.1, 0.15) is 0 Å². The van der Waals surface area contributed by atoms with Gasteiger partial charge in [-0.25, -0.2) is 4.79 Å². The Morgan fingerprint density at radius 2 is 1.80 bits per heavy atom. The van der Waals surface area contributed by atoms with Crippen molar-refractivity contribution in [3.05, 3.63) is 77.3 Å². The summed E-state index contributed by atoms with van der Waals surface area (Å²) in [5.74, 6) is 0.389. The van der Waals surface area contributed by atoms with Gasteiger partial charge in [0.05, 0.1) is 11.1 Å². The lowest BCUT2D eigenvalue weighted by atomic mass is 10.0. The van der Waals surface area contributed by atoms with Crippen molar-refractivity contribution in [1.82, 2.24) is 15.2 Å². The van der Waals surface area contributed by atoms with Crippen LogP contribution in [0.4, 0.5) is 0 Å². The highest BCUT2D eigenvalue weighted by molar-refractivity contribution is 6.03. The zero-order chi connectivity index (χ0) is 21.3. The normalized spacial score (nSPS) is 12.3. The molecule has 0 fully saturated rings. The molecule has 0 aliphatic rings. The number of pyridine rings is 1. The fraction of sp³-hybridized carbons (Fsp3) is 0.250. The molecular formula is C24H23N3O3. The third-order valence-electron chi connectivity index (χ3n) is 4.88. The van der Waals surface area contributed by atoms with E-state index < -0.39 is 12.1 Å². The quantitative estimate of drug-likeness (QED) is 0.403. The molecule has 0 aliphatic heterocycles. The number of benzene rings is 2. The molecule has 6 heteroatoms. The van der Waals surface area contributed by atoms with Gasteiger partial charge in [-0.2, -0.15) is 0 Å². The van der Waals surface area contributed by atoms with Crippen LogP contribution < -0.4 is 0 Å². The molecule has 4 rings (SSSR count). The van der Waals surface area contributed by atoms with Crippen molar-refractivity contribution in [3.8, 4) is 11.5 Å². The number of aryl methyl sites for hydroxylation is 1. The summed E-state index contributed by atoms with van der Waals surface area (Å²) in [5.41, 5.74) is 4.01. The van der Waals surface area contributed by atoms with Gasteiger partial charge in [-0.15, -0.1) is 10.2 Å². The van der Waals surface area contributed by atoms with Crippen molar-refractivity contribution in [2.24, 2.45) is 0 Å². The summed E-state index contributed by atoms with van der Waals surface area (Å²) in [4.78, 5) is 17.6. The second kappa shape index (κ2) is 8.06. The van der Waals surface area contributed by atoms with Crippen LogP contribution in [0.5, 0.6) is 0 Å². The minimum Gasteiger partial charge on any atom is -0.449 e. The number of ether oxygens (including phenoxy) is 1. The van der Waals surface area contributed by atoms with Crippen molar-refractivity contribution in [2.45, 2.75) is 39.7 Å². The Bertz CT molecular complexity index is 1210. The van der Waals surface area contributed by atoms with Crippen molar-refractivity contribution in [2.75, 3.05) is 0 Å². The summed E-state index contributed by atoms with van der Waals surface area (Å²) >= 11 is 0. The molecule has 0 spiro atoms. The van der Waals surface area contributed by atoms with Crippen LogP contribution in [0.2, 0.25) is 0 Å². The summed E-state index contributed by atoms with van der Waals surface area (Å²) in [6.07, 6.45) is -0.682. The molecule has 0 aliphatic carbocycles. The Morgan fingerprint density at radius 1 is 1.00 bits per heavy atom. The lowest BCUT2D eigenvalue weighted by molar-refractivity contribution is 0.0282. The molecule has 0 bridgehead atoms. The maximum Gasteiger partial charge on any atom is 0.339 e. The molecule has 30 heavy (non-hydrogen) atoms. The molecule has 2 heterocycles. The monoisotopic (exact) mass is 401 g/mol. The number of rotatable bonds is 5. The SMILES string of the molecule is Cc1cccc(-c2nnc(C(C)OC(=O)c3cc(C(C)C)nc4ccccc34)o2)c1. The van der Waals surface area contributed by atoms with Gasteiger partial charge in [-0.3, -0.25) is 4.98 Å². The first kappa shape index (κ1) is 19.8. The van der Waals surface area contributed by atoms with Crippen LogP contribution in [0.1, 0.15) is 60.3 Å². The van der Waals surface area contributed by atoms with E-state index in [2.05, 4.69) is 15.2 Å². The largest absolute Gasteiger partial charge is 0.449 e. The fourth-order valence-electron chi connectivity index (χ4n) is 3.23. The Balaban J connectivity index is 1.60. The molecule has 2 aromatic heterocycles. The summed E-state index contributed by atoms with van der Waals surface area (Å²) in [7, 11) is 0. The second-order valence-corrected chi connectivity index (χ2v) is 7.63. The van der Waals surface area contributed by atoms with Gasteiger partial charge in [-0.05, 0) is 44.0 Å². The smallest absolute Gasteiger partial charge is 0.339 e. The predicted octanol–water partition coefficient (Wildman–Crippen LogP) is 5.63. The summed E-state index contributed by atoms with van der Waals surface area (Å²) < 4.78 is 11.4. The summed E-state index contributed by atoms with van der Waals surface area (Å²) in [5, 5.41) is 8.92. The molecule has 0 saturated carbocycles. The third kappa shape index (κ3) is 3.94. The van der Waals surface area contributed by atoms with Crippen LogP contribution in [-0.4, -0.2) is 21.2 Å².